The third-order valence-electron chi connectivity index (χ3n) is 7.68. The average molecular weight is 406 g/mol. The lowest BCUT2D eigenvalue weighted by Gasteiger charge is -2.23. The molecule has 0 bridgehead atoms. The van der Waals surface area contributed by atoms with E-state index in [9.17, 15) is 9.90 Å². The van der Waals surface area contributed by atoms with Gasteiger partial charge in [0.1, 0.15) is 17.2 Å². The predicted molar refractivity (Wildman–Crippen MR) is 121 cm³/mol. The molecule has 5 heteroatoms. The number of hydrogen-bond acceptors (Lipinski definition) is 4. The summed E-state index contributed by atoms with van der Waals surface area (Å²) in [4.78, 5) is 21.0. The number of ketones is 1. The fourth-order valence-electron chi connectivity index (χ4n) is 6.68. The number of rotatable bonds is 0. The number of carbonyl (C=O) groups excluding carboxylic acids is 1. The van der Waals surface area contributed by atoms with Gasteiger partial charge in [-0.25, -0.2) is 4.98 Å². The van der Waals surface area contributed by atoms with Gasteiger partial charge >= 0.3 is 0 Å². The predicted octanol–water partition coefficient (Wildman–Crippen LogP) is 5.57. The lowest BCUT2D eigenvalue weighted by atomic mass is 9.80. The first kappa shape index (κ1) is 14.7. The molecule has 9 rings (SSSR count). The molecule has 142 valence electrons. The van der Waals surface area contributed by atoms with Crippen LogP contribution in [0.25, 0.3) is 63.7 Å². The van der Waals surface area contributed by atoms with Gasteiger partial charge in [0, 0.05) is 66.3 Å². The summed E-state index contributed by atoms with van der Waals surface area (Å²) in [6, 6.07) is 4.70. The second-order valence-corrected chi connectivity index (χ2v) is 10.2. The Morgan fingerprint density at radius 2 is 1.73 bits per heavy atom. The van der Waals surface area contributed by atoms with Crippen LogP contribution in [0.1, 0.15) is 28.8 Å². The van der Waals surface area contributed by atoms with Crippen LogP contribution in [0.2, 0.25) is 0 Å². The summed E-state index contributed by atoms with van der Waals surface area (Å²) in [6.07, 6.45) is 4.04. The first-order valence-corrected chi connectivity index (χ1v) is 11.4. The average Bonchev–Trinajstić information content (AvgIpc) is 3.29. The molecule has 2 aliphatic carbocycles. The second-order valence-electron chi connectivity index (χ2n) is 9.15. The van der Waals surface area contributed by atoms with Crippen molar-refractivity contribution in [2.45, 2.75) is 32.1 Å². The van der Waals surface area contributed by atoms with Crippen molar-refractivity contribution in [1.29, 1.82) is 0 Å². The third-order valence-corrected chi connectivity index (χ3v) is 8.82. The number of phenolic OH excluding ortho intramolecular Hbond substituents is 1. The minimum atomic E-state index is 0.127. The number of hydrogen-bond donors (Lipinski definition) is 2. The Bertz CT molecular complexity index is 1900. The zero-order valence-electron chi connectivity index (χ0n) is 15.9. The molecule has 0 amide bonds. The van der Waals surface area contributed by atoms with Crippen LogP contribution in [-0.2, 0) is 30.5 Å². The van der Waals surface area contributed by atoms with Crippen molar-refractivity contribution < 1.29 is 9.90 Å². The van der Waals surface area contributed by atoms with Gasteiger partial charge in [0.2, 0.25) is 0 Å². The van der Waals surface area contributed by atoms with Crippen LogP contribution in [0.15, 0.2) is 12.1 Å². The van der Waals surface area contributed by atoms with Crippen molar-refractivity contribution in [2.75, 3.05) is 0 Å². The van der Waals surface area contributed by atoms with E-state index in [2.05, 4.69) is 17.1 Å². The molecular formula is C25H14N2O2S. The maximum absolute atomic E-state index is 12.5. The summed E-state index contributed by atoms with van der Waals surface area (Å²) in [5, 5.41) is 21.3. The van der Waals surface area contributed by atoms with E-state index in [4.69, 9.17) is 4.98 Å². The number of nitrogens with one attached hydrogen (secondary N) is 1. The fourth-order valence-corrected chi connectivity index (χ4v) is 7.94. The molecule has 0 atom stereocenters. The molecule has 4 nitrogen and oxygen atoms in total. The number of phenols is 1. The summed E-state index contributed by atoms with van der Waals surface area (Å²) in [5.41, 5.74) is 6.49. The van der Waals surface area contributed by atoms with Crippen LogP contribution in [0.5, 0.6) is 5.75 Å². The van der Waals surface area contributed by atoms with Crippen LogP contribution in [0, 0.1) is 0 Å². The van der Waals surface area contributed by atoms with E-state index >= 15 is 0 Å². The fraction of sp³-hybridized carbons (Fsp3) is 0.200. The highest BCUT2D eigenvalue weighted by Crippen LogP contribution is 2.56. The maximum atomic E-state index is 12.5. The normalized spacial score (nSPS) is 16.9. The van der Waals surface area contributed by atoms with Gasteiger partial charge in [-0.05, 0) is 47.9 Å². The van der Waals surface area contributed by atoms with Crippen molar-refractivity contribution in [3.8, 4) is 5.75 Å². The van der Waals surface area contributed by atoms with E-state index in [1.165, 1.54) is 60.0 Å². The first-order chi connectivity index (χ1) is 14.7. The molecule has 4 aromatic carbocycles. The first-order valence-electron chi connectivity index (χ1n) is 10.6. The van der Waals surface area contributed by atoms with E-state index < -0.39 is 0 Å². The second kappa shape index (κ2) is 4.30. The summed E-state index contributed by atoms with van der Waals surface area (Å²) in [6.45, 7) is 0. The molecule has 0 saturated carbocycles. The van der Waals surface area contributed by atoms with Gasteiger partial charge in [0.15, 0.2) is 0 Å². The molecule has 0 aliphatic heterocycles. The standard InChI is InChI=1S/C25H14N2O2S/c28-10-6-11-16-13(7-10)27-25-22-17-12(26-25)4-8-2-1-3-9-5-14-18(19(17)15(8)9)21(20(16)22)24(30-14)23(11)29/h4-5,29H,1-3,6-7H2,(H,26,27). The Morgan fingerprint density at radius 1 is 0.900 bits per heavy atom. The van der Waals surface area contributed by atoms with Gasteiger partial charge in [0.05, 0.1) is 10.4 Å². The molecule has 0 fully saturated rings. The number of aromatic amines is 1. The van der Waals surface area contributed by atoms with E-state index in [1.54, 1.807) is 11.3 Å². The number of aromatic nitrogens is 2. The van der Waals surface area contributed by atoms with Crippen LogP contribution in [0.4, 0.5) is 0 Å². The van der Waals surface area contributed by atoms with Crippen molar-refractivity contribution in [3.63, 3.8) is 0 Å². The molecule has 2 N–H and O–H groups in total. The smallest absolute Gasteiger partial charge is 0.143 e. The van der Waals surface area contributed by atoms with Crippen molar-refractivity contribution >= 4 is 80.8 Å². The molecule has 3 heterocycles. The number of pyridine rings is 1. The Hall–Kier alpha value is -3.18. The molecule has 0 unspecified atom stereocenters. The number of aryl methyl sites for hydroxylation is 2. The van der Waals surface area contributed by atoms with Crippen LogP contribution in [0.3, 0.4) is 0 Å². The van der Waals surface area contributed by atoms with Gasteiger partial charge in [-0.1, -0.05) is 0 Å². The quantitative estimate of drug-likeness (QED) is 0.256. The highest BCUT2D eigenvalue weighted by molar-refractivity contribution is 7.26. The summed E-state index contributed by atoms with van der Waals surface area (Å²) in [5.74, 6) is 0.423. The Labute approximate surface area is 173 Å². The molecule has 0 spiro atoms. The van der Waals surface area contributed by atoms with Crippen molar-refractivity contribution in [2.24, 2.45) is 0 Å². The van der Waals surface area contributed by atoms with Crippen LogP contribution < -0.4 is 0 Å². The summed E-state index contributed by atoms with van der Waals surface area (Å²) in [7, 11) is 0. The Morgan fingerprint density at radius 3 is 2.63 bits per heavy atom. The topological polar surface area (TPSA) is 66.0 Å². The number of benzene rings is 4. The molecule has 0 radical (unpaired) electrons. The number of carbonyl (C=O) groups is 1. The minimum Gasteiger partial charge on any atom is -0.506 e. The monoisotopic (exact) mass is 406 g/mol. The number of Topliss-reactive ketones (excluding diaryl/α,β-unsaturated/α-hetero) is 1. The van der Waals surface area contributed by atoms with Gasteiger partial charge in [0.25, 0.3) is 0 Å². The lowest BCUT2D eigenvalue weighted by molar-refractivity contribution is -0.118. The van der Waals surface area contributed by atoms with Gasteiger partial charge in [-0.15, -0.1) is 11.3 Å². The molecule has 3 aromatic heterocycles. The lowest BCUT2D eigenvalue weighted by Crippen LogP contribution is -2.15. The molecule has 30 heavy (non-hydrogen) atoms. The zero-order chi connectivity index (χ0) is 19.5. The van der Waals surface area contributed by atoms with Crippen LogP contribution in [-0.4, -0.2) is 20.9 Å². The summed E-state index contributed by atoms with van der Waals surface area (Å²) >= 11 is 1.69. The third kappa shape index (κ3) is 1.33. The van der Waals surface area contributed by atoms with Crippen molar-refractivity contribution in [1.82, 2.24) is 9.97 Å². The van der Waals surface area contributed by atoms with Gasteiger partial charge < -0.3 is 10.1 Å². The summed E-state index contributed by atoms with van der Waals surface area (Å²) < 4.78 is 2.19. The zero-order valence-corrected chi connectivity index (χ0v) is 16.7. The van der Waals surface area contributed by atoms with Crippen LogP contribution >= 0.6 is 11.3 Å². The van der Waals surface area contributed by atoms with E-state index in [0.29, 0.717) is 18.6 Å². The highest BCUT2D eigenvalue weighted by Gasteiger charge is 2.33. The van der Waals surface area contributed by atoms with E-state index in [1.807, 2.05) is 0 Å². The van der Waals surface area contributed by atoms with Gasteiger partial charge in [-0.2, -0.15) is 0 Å². The highest BCUT2D eigenvalue weighted by atomic mass is 32.1. The molecular weight excluding hydrogens is 392 g/mol. The maximum Gasteiger partial charge on any atom is 0.143 e. The number of H-pyrrole nitrogens is 1. The van der Waals surface area contributed by atoms with E-state index in [-0.39, 0.29) is 5.78 Å². The SMILES string of the molecule is O=C1Cc2nc3[nH]c4cc5c6c(cc7sc8c(O)c(c2c2c3c4c6c7c82)C1)CCC5. The number of aromatic hydroxyl groups is 1. The molecule has 7 aromatic rings. The minimum absolute atomic E-state index is 0.127. The van der Waals surface area contributed by atoms with Crippen molar-refractivity contribution in [3.05, 3.63) is 34.5 Å². The number of thiophene rings is 1. The van der Waals surface area contributed by atoms with E-state index in [0.717, 1.165) is 45.3 Å². The Kier molecular flexibility index (Phi) is 2.11. The Balaban J connectivity index is 1.76. The largest absolute Gasteiger partial charge is 0.506 e. The number of nitrogens with zero attached hydrogens (tertiary/aromatic N) is 1. The molecule has 2 aliphatic rings. The molecule has 0 saturated heterocycles. The van der Waals surface area contributed by atoms with Gasteiger partial charge in [-0.3, -0.25) is 4.79 Å².